The Morgan fingerprint density at radius 3 is 2.59 bits per heavy atom. The predicted octanol–water partition coefficient (Wildman–Crippen LogP) is 4.77. The van der Waals surface area contributed by atoms with Gasteiger partial charge in [-0.05, 0) is 53.6 Å². The third kappa shape index (κ3) is 4.24. The largest absolute Gasteiger partial charge is 0.491 e. The Morgan fingerprint density at radius 2 is 1.81 bits per heavy atom. The molecule has 0 spiro atoms. The van der Waals surface area contributed by atoms with E-state index in [1.54, 1.807) is 0 Å². The van der Waals surface area contributed by atoms with Crippen LogP contribution < -0.4 is 4.74 Å². The fourth-order valence-corrected chi connectivity index (χ4v) is 4.66. The molecule has 0 unspecified atom stereocenters. The summed E-state index contributed by atoms with van der Waals surface area (Å²) in [5.74, 6) is 0.792. The molecule has 0 saturated carbocycles. The maximum atomic E-state index is 10.4. The van der Waals surface area contributed by atoms with Crippen molar-refractivity contribution in [2.75, 3.05) is 19.7 Å². The number of hydrogen-bond acceptors (Lipinski definition) is 4. The first-order valence-electron chi connectivity index (χ1n) is 9.47. The van der Waals surface area contributed by atoms with Crippen LogP contribution in [0.4, 0.5) is 0 Å². The first-order valence-corrected chi connectivity index (χ1v) is 10.4. The number of benzene rings is 2. The van der Waals surface area contributed by atoms with Crippen molar-refractivity contribution in [1.82, 2.24) is 4.90 Å². The van der Waals surface area contributed by atoms with Crippen molar-refractivity contribution in [2.24, 2.45) is 0 Å². The Hall–Kier alpha value is -2.14. The van der Waals surface area contributed by atoms with Gasteiger partial charge >= 0.3 is 0 Å². The van der Waals surface area contributed by atoms with Gasteiger partial charge < -0.3 is 9.84 Å². The quantitative estimate of drug-likeness (QED) is 0.669. The highest BCUT2D eigenvalue weighted by molar-refractivity contribution is 7.10. The summed E-state index contributed by atoms with van der Waals surface area (Å²) in [7, 11) is 0. The molecule has 0 bridgehead atoms. The van der Waals surface area contributed by atoms with Gasteiger partial charge in [-0.15, -0.1) is 11.3 Å². The Balaban J connectivity index is 1.30. The molecule has 0 aliphatic carbocycles. The van der Waals surface area contributed by atoms with E-state index in [-0.39, 0.29) is 0 Å². The van der Waals surface area contributed by atoms with Crippen molar-refractivity contribution in [3.63, 3.8) is 0 Å². The molecule has 0 fully saturated rings. The highest BCUT2D eigenvalue weighted by atomic mass is 32.1. The van der Waals surface area contributed by atoms with Gasteiger partial charge in [0.2, 0.25) is 0 Å². The molecule has 27 heavy (non-hydrogen) atoms. The molecule has 1 N–H and O–H groups in total. The molecule has 2 aromatic carbocycles. The summed E-state index contributed by atoms with van der Waals surface area (Å²) in [6.07, 6.45) is 0.577. The summed E-state index contributed by atoms with van der Waals surface area (Å²) in [5.41, 5.74) is 3.77. The van der Waals surface area contributed by atoms with E-state index in [4.69, 9.17) is 4.74 Å². The van der Waals surface area contributed by atoms with Crippen LogP contribution in [0.3, 0.4) is 0 Å². The number of aliphatic hydroxyl groups is 1. The van der Waals surface area contributed by atoms with Crippen LogP contribution in [0.15, 0.2) is 66.0 Å². The SMILES string of the molecule is C[C@H]1c2ccsc2CCN1C[C@@H](O)COc1ccc(-c2ccccc2)cc1. The minimum absolute atomic E-state index is 0.310. The second-order valence-corrected chi connectivity index (χ2v) is 8.08. The van der Waals surface area contributed by atoms with Crippen molar-refractivity contribution in [1.29, 1.82) is 0 Å². The number of hydrogen-bond donors (Lipinski definition) is 1. The normalized spacial score (nSPS) is 18.1. The van der Waals surface area contributed by atoms with Crippen LogP contribution in [-0.2, 0) is 6.42 Å². The van der Waals surface area contributed by atoms with Crippen molar-refractivity contribution < 1.29 is 9.84 Å². The van der Waals surface area contributed by atoms with E-state index < -0.39 is 6.10 Å². The number of ether oxygens (including phenoxy) is 1. The van der Waals surface area contributed by atoms with Gasteiger partial charge in [0.1, 0.15) is 18.5 Å². The lowest BCUT2D eigenvalue weighted by atomic mass is 10.0. The van der Waals surface area contributed by atoms with E-state index in [0.717, 1.165) is 24.3 Å². The second-order valence-electron chi connectivity index (χ2n) is 7.08. The highest BCUT2D eigenvalue weighted by Crippen LogP contribution is 2.32. The van der Waals surface area contributed by atoms with Gasteiger partial charge in [0, 0.05) is 24.0 Å². The van der Waals surface area contributed by atoms with Gasteiger partial charge in [-0.3, -0.25) is 4.90 Å². The Labute approximate surface area is 164 Å². The molecule has 1 aliphatic heterocycles. The smallest absolute Gasteiger partial charge is 0.119 e. The fraction of sp³-hybridized carbons (Fsp3) is 0.304. The molecular weight excluding hydrogens is 354 g/mol. The Bertz CT molecular complexity index is 860. The first-order chi connectivity index (χ1) is 13.2. The van der Waals surface area contributed by atoms with Gasteiger partial charge in [-0.1, -0.05) is 42.5 Å². The zero-order valence-corrected chi connectivity index (χ0v) is 16.4. The zero-order chi connectivity index (χ0) is 18.6. The molecule has 140 valence electrons. The predicted molar refractivity (Wildman–Crippen MR) is 111 cm³/mol. The average molecular weight is 380 g/mol. The van der Waals surface area contributed by atoms with Gasteiger partial charge in [-0.25, -0.2) is 0 Å². The summed E-state index contributed by atoms with van der Waals surface area (Å²) in [6.45, 7) is 4.17. The minimum atomic E-state index is -0.499. The third-order valence-corrected chi connectivity index (χ3v) is 6.25. The fourth-order valence-electron chi connectivity index (χ4n) is 3.70. The van der Waals surface area contributed by atoms with Crippen LogP contribution in [0, 0.1) is 0 Å². The molecule has 3 aromatic rings. The number of β-amino-alcohol motifs (C(OH)–C–C–N with tert-alkyl or cyclic N) is 1. The summed E-state index contributed by atoms with van der Waals surface area (Å²) in [5, 5.41) is 12.6. The lowest BCUT2D eigenvalue weighted by Crippen LogP contribution is -2.40. The van der Waals surface area contributed by atoms with Gasteiger partial charge in [0.05, 0.1) is 0 Å². The van der Waals surface area contributed by atoms with E-state index in [1.807, 2.05) is 41.7 Å². The van der Waals surface area contributed by atoms with Crippen molar-refractivity contribution in [3.8, 4) is 16.9 Å². The number of fused-ring (bicyclic) bond motifs is 1. The monoisotopic (exact) mass is 379 g/mol. The van der Waals surface area contributed by atoms with Crippen LogP contribution >= 0.6 is 11.3 Å². The molecular formula is C23H25NO2S. The van der Waals surface area contributed by atoms with Gasteiger partial charge in [0.15, 0.2) is 0 Å². The topological polar surface area (TPSA) is 32.7 Å². The summed E-state index contributed by atoms with van der Waals surface area (Å²) in [6, 6.07) is 20.9. The van der Waals surface area contributed by atoms with Crippen molar-refractivity contribution in [2.45, 2.75) is 25.5 Å². The molecule has 4 rings (SSSR count). The van der Waals surface area contributed by atoms with Crippen LogP contribution in [0.5, 0.6) is 5.75 Å². The van der Waals surface area contributed by atoms with E-state index in [9.17, 15) is 5.11 Å². The molecule has 4 heteroatoms. The third-order valence-electron chi connectivity index (χ3n) is 5.25. The second kappa shape index (κ2) is 8.26. The lowest BCUT2D eigenvalue weighted by molar-refractivity contribution is 0.0522. The van der Waals surface area contributed by atoms with Crippen molar-refractivity contribution in [3.05, 3.63) is 76.5 Å². The maximum absolute atomic E-state index is 10.4. The van der Waals surface area contributed by atoms with E-state index in [0.29, 0.717) is 19.2 Å². The first kappa shape index (κ1) is 18.2. The summed E-state index contributed by atoms with van der Waals surface area (Å²) < 4.78 is 5.82. The standard InChI is InChI=1S/C23H25NO2S/c1-17-22-12-14-27-23(22)11-13-24(17)15-20(25)16-26-21-9-7-19(8-10-21)18-5-3-2-4-6-18/h2-10,12,14,17,20,25H,11,13,15-16H2,1H3/t17-,20+/m0/s1. The molecule has 0 radical (unpaired) electrons. The van der Waals surface area contributed by atoms with Crippen LogP contribution in [0.2, 0.25) is 0 Å². The Morgan fingerprint density at radius 1 is 1.07 bits per heavy atom. The number of nitrogens with zero attached hydrogens (tertiary/aromatic N) is 1. The van der Waals surface area contributed by atoms with Crippen molar-refractivity contribution >= 4 is 11.3 Å². The van der Waals surface area contributed by atoms with E-state index in [1.165, 1.54) is 16.0 Å². The lowest BCUT2D eigenvalue weighted by Gasteiger charge is -2.34. The number of aliphatic hydroxyl groups excluding tert-OH is 1. The van der Waals surface area contributed by atoms with Crippen LogP contribution in [0.25, 0.3) is 11.1 Å². The summed E-state index contributed by atoms with van der Waals surface area (Å²) in [4.78, 5) is 3.84. The average Bonchev–Trinajstić information content (AvgIpc) is 3.19. The minimum Gasteiger partial charge on any atom is -0.491 e. The molecule has 3 nitrogen and oxygen atoms in total. The Kier molecular flexibility index (Phi) is 5.58. The maximum Gasteiger partial charge on any atom is 0.119 e. The molecule has 2 heterocycles. The molecule has 0 saturated heterocycles. The van der Waals surface area contributed by atoms with Gasteiger partial charge in [0.25, 0.3) is 0 Å². The van der Waals surface area contributed by atoms with Gasteiger partial charge in [-0.2, -0.15) is 0 Å². The van der Waals surface area contributed by atoms with E-state index >= 15 is 0 Å². The zero-order valence-electron chi connectivity index (χ0n) is 15.5. The number of rotatable bonds is 6. The molecule has 1 aromatic heterocycles. The molecule has 2 atom stereocenters. The van der Waals surface area contributed by atoms with Crippen LogP contribution in [0.1, 0.15) is 23.4 Å². The number of thiophene rings is 1. The molecule has 0 amide bonds. The highest BCUT2D eigenvalue weighted by Gasteiger charge is 2.26. The van der Waals surface area contributed by atoms with E-state index in [2.05, 4.69) is 47.5 Å². The summed E-state index contributed by atoms with van der Waals surface area (Å²) >= 11 is 1.84. The van der Waals surface area contributed by atoms with Crippen LogP contribution in [-0.4, -0.2) is 35.8 Å². The molecule has 1 aliphatic rings.